The summed E-state index contributed by atoms with van der Waals surface area (Å²) < 4.78 is 34.1. The summed E-state index contributed by atoms with van der Waals surface area (Å²) in [6, 6.07) is 0. The first-order valence-electron chi connectivity index (χ1n) is 30.5. The minimum Gasteiger partial charge on any atom is -0.756 e. The second-order valence-corrected chi connectivity index (χ2v) is 22.4. The smallest absolute Gasteiger partial charge is 0.306 e. The van der Waals surface area contributed by atoms with Gasteiger partial charge < -0.3 is 27.9 Å². The normalized spacial score (nSPS) is 14.3. The van der Waals surface area contributed by atoms with Crippen molar-refractivity contribution in [3.05, 3.63) is 146 Å². The van der Waals surface area contributed by atoms with E-state index in [9.17, 15) is 19.0 Å². The Balaban J connectivity index is 4.17. The van der Waals surface area contributed by atoms with Crippen molar-refractivity contribution in [2.45, 2.75) is 225 Å². The number of carbonyl (C=O) groups is 2. The highest BCUT2D eigenvalue weighted by atomic mass is 31.2. The number of hydrogen-bond acceptors (Lipinski definition) is 8. The summed E-state index contributed by atoms with van der Waals surface area (Å²) in [5.41, 5.74) is 0. The molecular weight excluding hydrogens is 990 g/mol. The lowest BCUT2D eigenvalue weighted by Gasteiger charge is -2.28. The summed E-state index contributed by atoms with van der Waals surface area (Å²) in [5.74, 6) is -0.870. The monoisotopic (exact) mass is 1100 g/mol. The van der Waals surface area contributed by atoms with Crippen LogP contribution >= 0.6 is 7.82 Å². The molecular formula is C68H112NO8P. The molecule has 0 aromatic rings. The molecule has 0 spiro atoms. The van der Waals surface area contributed by atoms with Crippen molar-refractivity contribution in [2.75, 3.05) is 47.5 Å². The Bertz CT molecular complexity index is 1820. The van der Waals surface area contributed by atoms with Gasteiger partial charge >= 0.3 is 11.9 Å². The van der Waals surface area contributed by atoms with Crippen LogP contribution in [0.15, 0.2) is 146 Å². The highest BCUT2D eigenvalue weighted by Gasteiger charge is 2.21. The molecule has 442 valence electrons. The highest BCUT2D eigenvalue weighted by Crippen LogP contribution is 2.38. The van der Waals surface area contributed by atoms with Crippen LogP contribution in [0.2, 0.25) is 0 Å². The number of ether oxygens (including phenoxy) is 2. The lowest BCUT2D eigenvalue weighted by Crippen LogP contribution is -2.37. The van der Waals surface area contributed by atoms with Crippen LogP contribution in [0.1, 0.15) is 219 Å². The highest BCUT2D eigenvalue weighted by molar-refractivity contribution is 7.45. The van der Waals surface area contributed by atoms with E-state index in [1.54, 1.807) is 0 Å². The minimum atomic E-state index is -4.65. The van der Waals surface area contributed by atoms with E-state index in [4.69, 9.17) is 18.5 Å². The van der Waals surface area contributed by atoms with Crippen molar-refractivity contribution >= 4 is 19.8 Å². The molecule has 0 heterocycles. The third kappa shape index (κ3) is 61.1. The Morgan fingerprint density at radius 2 is 0.731 bits per heavy atom. The van der Waals surface area contributed by atoms with Gasteiger partial charge in [-0.1, -0.05) is 250 Å². The van der Waals surface area contributed by atoms with Crippen molar-refractivity contribution in [3.8, 4) is 0 Å². The van der Waals surface area contributed by atoms with E-state index in [-0.39, 0.29) is 26.1 Å². The molecule has 0 rings (SSSR count). The summed E-state index contributed by atoms with van der Waals surface area (Å²) in [6.07, 6.45) is 84.8. The molecule has 0 fully saturated rings. The van der Waals surface area contributed by atoms with Crippen LogP contribution in [0.4, 0.5) is 0 Å². The Labute approximate surface area is 478 Å². The van der Waals surface area contributed by atoms with Crippen LogP contribution in [-0.2, 0) is 32.7 Å². The van der Waals surface area contributed by atoms with Gasteiger partial charge in [0.15, 0.2) is 6.10 Å². The van der Waals surface area contributed by atoms with E-state index < -0.39 is 32.5 Å². The molecule has 78 heavy (non-hydrogen) atoms. The van der Waals surface area contributed by atoms with Crippen LogP contribution < -0.4 is 4.89 Å². The molecule has 0 N–H and O–H groups in total. The van der Waals surface area contributed by atoms with Crippen LogP contribution in [-0.4, -0.2) is 70.0 Å². The largest absolute Gasteiger partial charge is 0.756 e. The van der Waals surface area contributed by atoms with Gasteiger partial charge in [-0.05, 0) is 103 Å². The number of unbranched alkanes of at least 4 members (excludes halogenated alkanes) is 16. The van der Waals surface area contributed by atoms with E-state index >= 15 is 0 Å². The van der Waals surface area contributed by atoms with Crippen molar-refractivity contribution in [1.29, 1.82) is 0 Å². The first-order chi connectivity index (χ1) is 38.0. The molecule has 0 bridgehead atoms. The lowest BCUT2D eigenvalue weighted by atomic mass is 10.0. The van der Waals surface area contributed by atoms with Crippen molar-refractivity contribution < 1.29 is 42.1 Å². The molecule has 0 aliphatic carbocycles. The molecule has 0 radical (unpaired) electrons. The van der Waals surface area contributed by atoms with Gasteiger partial charge in [0.05, 0.1) is 27.7 Å². The summed E-state index contributed by atoms with van der Waals surface area (Å²) in [4.78, 5) is 37.8. The van der Waals surface area contributed by atoms with Crippen molar-refractivity contribution in [3.63, 3.8) is 0 Å². The second kappa shape index (κ2) is 57.6. The van der Waals surface area contributed by atoms with Crippen molar-refractivity contribution in [1.82, 2.24) is 0 Å². The van der Waals surface area contributed by atoms with Gasteiger partial charge in [-0.15, -0.1) is 0 Å². The molecule has 2 atom stereocenters. The van der Waals surface area contributed by atoms with E-state index in [1.807, 2.05) is 21.1 Å². The summed E-state index contributed by atoms with van der Waals surface area (Å²) >= 11 is 0. The Morgan fingerprint density at radius 3 is 1.09 bits per heavy atom. The number of hydrogen-bond donors (Lipinski definition) is 0. The van der Waals surface area contributed by atoms with Gasteiger partial charge in [0.1, 0.15) is 19.8 Å². The number of allylic oxidation sites excluding steroid dienone is 24. The molecule has 0 saturated carbocycles. The Hall–Kier alpha value is -4.11. The summed E-state index contributed by atoms with van der Waals surface area (Å²) in [7, 11) is 1.13. The number of likely N-dealkylation sites (N-methyl/N-ethyl adjacent to an activating group) is 1. The molecule has 10 heteroatoms. The third-order valence-electron chi connectivity index (χ3n) is 12.4. The summed E-state index contributed by atoms with van der Waals surface area (Å²) in [5, 5.41) is 0. The van der Waals surface area contributed by atoms with Crippen LogP contribution in [0.25, 0.3) is 0 Å². The van der Waals surface area contributed by atoms with E-state index in [2.05, 4.69) is 160 Å². The SMILES string of the molecule is CC/C=C\C/C=C\C/C=C\C/C=C\C/C=C\C/C=C\C/C=C\C/C=C\C/C=C\C/C=C\C/C=C\C/C=C\CCCCCCC(=O)OC(COC(=O)CCCCCCCCCCCCCCC)COP(=O)([O-])OCC[N+](C)(C)C. The molecule has 0 amide bonds. The van der Waals surface area contributed by atoms with Gasteiger partial charge in [0, 0.05) is 12.8 Å². The first kappa shape index (κ1) is 73.9. The van der Waals surface area contributed by atoms with Gasteiger partial charge in [0.25, 0.3) is 7.82 Å². The number of quaternary nitrogens is 1. The molecule has 0 aromatic carbocycles. The zero-order valence-electron chi connectivity index (χ0n) is 50.1. The molecule has 9 nitrogen and oxygen atoms in total. The number of phosphoric acid groups is 1. The molecule has 0 aliphatic rings. The zero-order chi connectivity index (χ0) is 57.0. The summed E-state index contributed by atoms with van der Waals surface area (Å²) in [6.45, 7) is 4.07. The predicted octanol–water partition coefficient (Wildman–Crippen LogP) is 18.8. The average molecular weight is 1100 g/mol. The fourth-order valence-electron chi connectivity index (χ4n) is 7.70. The van der Waals surface area contributed by atoms with Crippen molar-refractivity contribution in [2.24, 2.45) is 0 Å². The van der Waals surface area contributed by atoms with Gasteiger partial charge in [0.2, 0.25) is 0 Å². The van der Waals surface area contributed by atoms with Gasteiger partial charge in [-0.2, -0.15) is 0 Å². The fourth-order valence-corrected chi connectivity index (χ4v) is 8.42. The number of carbonyl (C=O) groups excluding carboxylic acids is 2. The predicted molar refractivity (Wildman–Crippen MR) is 332 cm³/mol. The average Bonchev–Trinajstić information content (AvgIpc) is 3.40. The third-order valence-corrected chi connectivity index (χ3v) is 13.3. The Morgan fingerprint density at radius 1 is 0.410 bits per heavy atom. The zero-order valence-corrected chi connectivity index (χ0v) is 50.9. The fraction of sp³-hybridized carbons (Fsp3) is 0.618. The van der Waals surface area contributed by atoms with Crippen LogP contribution in [0, 0.1) is 0 Å². The number of phosphoric ester groups is 1. The Kier molecular flexibility index (Phi) is 54.5. The van der Waals surface area contributed by atoms with Gasteiger partial charge in [-0.25, -0.2) is 0 Å². The standard InChI is InChI=1S/C68H112NO8P/c1-6-8-10-12-14-16-18-20-21-22-23-24-25-26-27-28-29-30-31-32-33-34-35-36-37-38-39-40-41-42-43-44-45-46-47-49-51-53-55-57-59-61-68(71)77-66(65-76-78(72,73)75-63-62-69(3,4)5)64-74-67(70)60-58-56-54-52-50-48-19-17-15-13-11-9-7-2/h8,10,14,16,20-21,23-24,26-27,29-30,32-33,35-36,38-39,41-42,44-45,47,49,66H,6-7,9,11-13,15,17-19,22,25,28,31,34,37,40,43,46,48,50-65H2,1-5H3/b10-8-,16-14-,21-20-,24-23-,27-26-,30-29-,33-32-,36-35-,39-38-,42-41-,45-44-,49-47-. The minimum absolute atomic E-state index is 0.0422. The number of esters is 2. The molecule has 0 aromatic heterocycles. The first-order valence-corrected chi connectivity index (χ1v) is 32.0. The maximum absolute atomic E-state index is 12.8. The topological polar surface area (TPSA) is 111 Å². The van der Waals surface area contributed by atoms with E-state index in [0.717, 1.165) is 122 Å². The molecule has 0 aliphatic heterocycles. The number of nitrogens with zero attached hydrogens (tertiary/aromatic N) is 1. The van der Waals surface area contributed by atoms with E-state index in [0.29, 0.717) is 17.4 Å². The second-order valence-electron chi connectivity index (χ2n) is 21.0. The maximum Gasteiger partial charge on any atom is 0.306 e. The number of rotatable bonds is 54. The quantitative estimate of drug-likeness (QED) is 0.0195. The molecule has 2 unspecified atom stereocenters. The molecule has 0 saturated heterocycles. The van der Waals surface area contributed by atoms with Gasteiger partial charge in [-0.3, -0.25) is 14.2 Å². The van der Waals surface area contributed by atoms with E-state index in [1.165, 1.54) is 64.2 Å². The van der Waals surface area contributed by atoms with Crippen LogP contribution in [0.3, 0.4) is 0 Å². The maximum atomic E-state index is 12.8. The lowest BCUT2D eigenvalue weighted by molar-refractivity contribution is -0.870. The van der Waals surface area contributed by atoms with Crippen LogP contribution in [0.5, 0.6) is 0 Å².